The molecule has 68 heavy (non-hydrogen) atoms. The van der Waals surface area contributed by atoms with Crippen LogP contribution < -0.4 is 4.90 Å². The Morgan fingerprint density at radius 2 is 0.647 bits per heavy atom. The Kier molecular flexibility index (Phi) is 11.7. The van der Waals surface area contributed by atoms with Crippen molar-refractivity contribution in [1.29, 1.82) is 0 Å². The van der Waals surface area contributed by atoms with Crippen molar-refractivity contribution in [2.75, 3.05) is 4.90 Å². The van der Waals surface area contributed by atoms with Gasteiger partial charge in [0.05, 0.1) is 0 Å². The molecule has 9 rings (SSSR count). The lowest BCUT2D eigenvalue weighted by Crippen LogP contribution is -2.26. The average molecular weight is 910 g/mol. The van der Waals surface area contributed by atoms with Gasteiger partial charge in [0, 0.05) is 23.1 Å². The quantitative estimate of drug-likeness (QED) is 0.127. The van der Waals surface area contributed by atoms with E-state index in [9.17, 15) is 5.11 Å². The van der Waals surface area contributed by atoms with Crippen molar-refractivity contribution in [2.24, 2.45) is 0 Å². The summed E-state index contributed by atoms with van der Waals surface area (Å²) in [7, 11) is 0. The summed E-state index contributed by atoms with van der Waals surface area (Å²) < 4.78 is 0. The maximum absolute atomic E-state index is 11.0. The average Bonchev–Trinajstić information content (AvgIpc) is 3.91. The van der Waals surface area contributed by atoms with Gasteiger partial charge in [0.1, 0.15) is 5.75 Å². The van der Waals surface area contributed by atoms with E-state index in [4.69, 9.17) is 0 Å². The minimum absolute atomic E-state index is 0.0616. The van der Waals surface area contributed by atoms with Crippen LogP contribution in [-0.2, 0) is 43.3 Å². The second-order valence-electron chi connectivity index (χ2n) is 25.3. The summed E-state index contributed by atoms with van der Waals surface area (Å²) in [5.41, 5.74) is 22.7. The minimum atomic E-state index is 0.0616. The van der Waals surface area contributed by atoms with Crippen molar-refractivity contribution in [3.8, 4) is 28.0 Å². The van der Waals surface area contributed by atoms with Crippen molar-refractivity contribution >= 4 is 17.1 Å². The Morgan fingerprint density at radius 1 is 0.368 bits per heavy atom. The molecule has 0 bridgehead atoms. The van der Waals surface area contributed by atoms with Crippen LogP contribution in [0, 0.1) is 0 Å². The molecule has 0 unspecified atom stereocenters. The van der Waals surface area contributed by atoms with E-state index in [0.717, 1.165) is 17.1 Å². The standard InChI is InChI=1S/C66H87NO/c1-17-63(18-2)39-59(9,10)55-49(63)37-50-56(60(11,12)40-64(50,19-3)20-4)53(55)43-28-32-45(33-29-43)67(47-26-25-27-48(68)36-47)46-34-30-44(31-35-46)54-57-51(65(21-5,22-6)41-61(57,13)14)38-52-58(54)62(15,16)42-66(52,23-7)24-8/h25-38,68H,17-24,39-42H2,1-16H3. The fourth-order valence-electron chi connectivity index (χ4n) is 16.7. The number of hydrogen-bond donors (Lipinski definition) is 1. The topological polar surface area (TPSA) is 23.5 Å². The Labute approximate surface area is 413 Å². The highest BCUT2D eigenvalue weighted by molar-refractivity contribution is 5.86. The first kappa shape index (κ1) is 48.7. The van der Waals surface area contributed by atoms with Gasteiger partial charge in [-0.15, -0.1) is 0 Å². The Morgan fingerprint density at radius 3 is 0.897 bits per heavy atom. The van der Waals surface area contributed by atoms with E-state index in [1.54, 1.807) is 50.6 Å². The first-order chi connectivity index (χ1) is 32.1. The van der Waals surface area contributed by atoms with Gasteiger partial charge < -0.3 is 10.0 Å². The van der Waals surface area contributed by atoms with E-state index < -0.39 is 0 Å². The summed E-state index contributed by atoms with van der Waals surface area (Å²) in [4.78, 5) is 2.35. The number of phenolic OH excluding ortho intramolecular Hbond substituents is 1. The van der Waals surface area contributed by atoms with Gasteiger partial charge in [-0.2, -0.15) is 0 Å². The zero-order valence-electron chi connectivity index (χ0n) is 45.5. The maximum atomic E-state index is 11.0. The molecule has 0 saturated heterocycles. The van der Waals surface area contributed by atoms with Crippen molar-refractivity contribution in [2.45, 2.75) is 231 Å². The summed E-state index contributed by atoms with van der Waals surface area (Å²) in [6.07, 6.45) is 14.2. The van der Waals surface area contributed by atoms with Crippen LogP contribution in [0.5, 0.6) is 5.75 Å². The molecule has 4 aliphatic carbocycles. The number of benzene rings is 5. The van der Waals surface area contributed by atoms with E-state index in [2.05, 4.69) is 182 Å². The molecular weight excluding hydrogens is 823 g/mol. The molecule has 0 radical (unpaired) electrons. The van der Waals surface area contributed by atoms with E-state index >= 15 is 0 Å². The molecule has 2 heteroatoms. The summed E-state index contributed by atoms with van der Waals surface area (Å²) in [6.45, 7) is 39.7. The van der Waals surface area contributed by atoms with Crippen LogP contribution >= 0.6 is 0 Å². The second kappa shape index (κ2) is 16.4. The molecule has 0 atom stereocenters. The first-order valence-electron chi connectivity index (χ1n) is 27.3. The van der Waals surface area contributed by atoms with Crippen LogP contribution in [0.25, 0.3) is 22.3 Å². The number of fused-ring (bicyclic) bond motifs is 4. The molecule has 0 aliphatic heterocycles. The lowest BCUT2D eigenvalue weighted by Gasteiger charge is -2.33. The van der Waals surface area contributed by atoms with Gasteiger partial charge in [-0.1, -0.05) is 153 Å². The predicted octanol–water partition coefficient (Wildman–Crippen LogP) is 19.2. The van der Waals surface area contributed by atoms with Crippen molar-refractivity contribution in [1.82, 2.24) is 0 Å². The summed E-state index contributed by atoms with van der Waals surface area (Å²) >= 11 is 0. The normalized spacial score (nSPS) is 21.0. The lowest BCUT2D eigenvalue weighted by atomic mass is 9.72. The molecule has 0 fully saturated rings. The van der Waals surface area contributed by atoms with Gasteiger partial charge in [0.15, 0.2) is 0 Å². The van der Waals surface area contributed by atoms with Crippen LogP contribution in [0.3, 0.4) is 0 Å². The van der Waals surface area contributed by atoms with E-state index in [1.165, 1.54) is 99.3 Å². The van der Waals surface area contributed by atoms with Gasteiger partial charge in [-0.05, 0) is 224 Å². The molecule has 0 aromatic heterocycles. The Balaban J connectivity index is 1.23. The van der Waals surface area contributed by atoms with E-state index in [1.807, 2.05) is 12.1 Å². The number of hydrogen-bond acceptors (Lipinski definition) is 2. The molecule has 0 saturated carbocycles. The molecule has 4 aliphatic rings. The predicted molar refractivity (Wildman–Crippen MR) is 293 cm³/mol. The highest BCUT2D eigenvalue weighted by Gasteiger charge is 2.55. The Bertz CT molecular complexity index is 2440. The van der Waals surface area contributed by atoms with Crippen molar-refractivity contribution in [3.63, 3.8) is 0 Å². The summed E-state index contributed by atoms with van der Waals surface area (Å²) in [6, 6.07) is 32.4. The summed E-state index contributed by atoms with van der Waals surface area (Å²) in [5, 5.41) is 11.0. The molecule has 5 aromatic rings. The summed E-state index contributed by atoms with van der Waals surface area (Å²) in [5.74, 6) is 0.275. The molecule has 0 amide bonds. The third-order valence-corrected chi connectivity index (χ3v) is 20.1. The van der Waals surface area contributed by atoms with Crippen LogP contribution in [0.1, 0.15) is 232 Å². The van der Waals surface area contributed by atoms with E-state index in [-0.39, 0.29) is 49.1 Å². The van der Waals surface area contributed by atoms with Crippen LogP contribution in [0.2, 0.25) is 0 Å². The number of aromatic hydroxyl groups is 1. The zero-order chi connectivity index (χ0) is 49.2. The number of nitrogens with zero attached hydrogens (tertiary/aromatic N) is 1. The van der Waals surface area contributed by atoms with E-state index in [0.29, 0.717) is 0 Å². The third kappa shape index (κ3) is 6.89. The van der Waals surface area contributed by atoms with Crippen LogP contribution in [-0.4, -0.2) is 5.11 Å². The second-order valence-corrected chi connectivity index (χ2v) is 25.3. The monoisotopic (exact) mass is 910 g/mol. The van der Waals surface area contributed by atoms with Gasteiger partial charge in [-0.3, -0.25) is 0 Å². The molecule has 1 N–H and O–H groups in total. The van der Waals surface area contributed by atoms with Gasteiger partial charge in [-0.25, -0.2) is 0 Å². The maximum Gasteiger partial charge on any atom is 0.117 e. The molecule has 0 spiro atoms. The molecule has 2 nitrogen and oxygen atoms in total. The minimum Gasteiger partial charge on any atom is -0.508 e. The zero-order valence-corrected chi connectivity index (χ0v) is 45.5. The van der Waals surface area contributed by atoms with Crippen LogP contribution in [0.15, 0.2) is 84.9 Å². The molecule has 5 aromatic carbocycles. The lowest BCUT2D eigenvalue weighted by molar-refractivity contribution is 0.322. The molecule has 0 heterocycles. The highest BCUT2D eigenvalue weighted by Crippen LogP contribution is 2.65. The smallest absolute Gasteiger partial charge is 0.117 e. The molecular formula is C66H87NO. The number of anilines is 3. The van der Waals surface area contributed by atoms with Crippen molar-refractivity contribution in [3.05, 3.63) is 129 Å². The fourth-order valence-corrected chi connectivity index (χ4v) is 16.7. The van der Waals surface area contributed by atoms with Crippen molar-refractivity contribution < 1.29 is 5.11 Å². The number of phenols is 1. The Hall–Kier alpha value is -4.30. The fraction of sp³-hybridized carbons (Fsp3) is 0.545. The largest absolute Gasteiger partial charge is 0.508 e. The third-order valence-electron chi connectivity index (χ3n) is 20.1. The molecule has 362 valence electrons. The van der Waals surface area contributed by atoms with Gasteiger partial charge >= 0.3 is 0 Å². The first-order valence-corrected chi connectivity index (χ1v) is 27.3. The number of rotatable bonds is 13. The SMILES string of the molecule is CCC1(CC)CC(C)(C)c2c1cc1c(c2-c2ccc(N(c3ccc(-c4c5c(cc6c4C(C)(C)CC6(CC)CC)C(CC)(CC)CC5(C)C)cc3)c3cccc(O)c3)cc2)C(C)(C)CC1(CC)CC. The van der Waals surface area contributed by atoms with Gasteiger partial charge in [0.25, 0.3) is 0 Å². The van der Waals surface area contributed by atoms with Crippen LogP contribution in [0.4, 0.5) is 17.1 Å². The highest BCUT2D eigenvalue weighted by atomic mass is 16.3. The van der Waals surface area contributed by atoms with Gasteiger partial charge in [0.2, 0.25) is 0 Å².